The van der Waals surface area contributed by atoms with Crippen molar-refractivity contribution in [2.45, 2.75) is 38.5 Å². The third-order valence-electron chi connectivity index (χ3n) is 4.06. The molecular formula is C21H21Cl2N3O3S. The molecule has 0 aliphatic carbocycles. The molecule has 3 aromatic rings. The Bertz CT molecular complexity index is 1020. The van der Waals surface area contributed by atoms with Gasteiger partial charge in [0, 0.05) is 15.7 Å². The van der Waals surface area contributed by atoms with Crippen molar-refractivity contribution < 1.29 is 13.9 Å². The number of carbonyl (C=O) groups excluding carboxylic acids is 1. The summed E-state index contributed by atoms with van der Waals surface area (Å²) in [6, 6.07) is 11.0. The number of ether oxygens (including phenoxy) is 1. The molecule has 1 N–H and O–H groups in total. The minimum atomic E-state index is -0.240. The van der Waals surface area contributed by atoms with Crippen molar-refractivity contribution >= 4 is 46.6 Å². The Balaban J connectivity index is 1.53. The molecule has 9 heteroatoms. The van der Waals surface area contributed by atoms with E-state index < -0.39 is 0 Å². The van der Waals surface area contributed by atoms with Gasteiger partial charge in [-0.2, -0.15) is 0 Å². The lowest BCUT2D eigenvalue weighted by molar-refractivity contribution is -0.113. The molecule has 6 nitrogen and oxygen atoms in total. The highest BCUT2D eigenvalue weighted by molar-refractivity contribution is 7.99. The lowest BCUT2D eigenvalue weighted by Crippen LogP contribution is -2.13. The number of carbonyl (C=O) groups is 1. The van der Waals surface area contributed by atoms with Crippen LogP contribution in [0.2, 0.25) is 10.0 Å². The molecule has 0 atom stereocenters. The van der Waals surface area contributed by atoms with Gasteiger partial charge in [-0.25, -0.2) is 0 Å². The molecular weight excluding hydrogens is 445 g/mol. The molecule has 0 aliphatic heterocycles. The number of halogens is 2. The fourth-order valence-corrected chi connectivity index (χ4v) is 3.79. The van der Waals surface area contributed by atoms with Crippen molar-refractivity contribution in [3.8, 4) is 5.75 Å². The Labute approximate surface area is 189 Å². The van der Waals surface area contributed by atoms with Gasteiger partial charge in [0.05, 0.1) is 5.75 Å². The van der Waals surface area contributed by atoms with Gasteiger partial charge in [0.15, 0.2) is 6.61 Å². The summed E-state index contributed by atoms with van der Waals surface area (Å²) in [5, 5.41) is 11.8. The molecule has 1 aromatic heterocycles. The van der Waals surface area contributed by atoms with Crippen LogP contribution < -0.4 is 10.1 Å². The van der Waals surface area contributed by atoms with E-state index in [1.165, 1.54) is 0 Å². The van der Waals surface area contributed by atoms with Gasteiger partial charge in [-0.05, 0) is 48.2 Å². The molecule has 0 unspecified atom stereocenters. The van der Waals surface area contributed by atoms with Crippen molar-refractivity contribution in [2.24, 2.45) is 0 Å². The monoisotopic (exact) mass is 465 g/mol. The van der Waals surface area contributed by atoms with E-state index in [2.05, 4.69) is 41.5 Å². The van der Waals surface area contributed by atoms with Crippen LogP contribution in [-0.4, -0.2) is 21.9 Å². The van der Waals surface area contributed by atoms with Crippen LogP contribution in [0.3, 0.4) is 0 Å². The second-order valence-electron chi connectivity index (χ2n) is 6.94. The van der Waals surface area contributed by atoms with Crippen LogP contribution >= 0.6 is 35.0 Å². The van der Waals surface area contributed by atoms with Crippen molar-refractivity contribution in [3.05, 3.63) is 63.5 Å². The SMILES string of the molecule is Cc1ccc(C(C)C)c(OCc2nnc(SCC(=O)Nc3cc(Cl)cc(Cl)c3)o2)c1. The number of anilines is 1. The number of hydrogen-bond donors (Lipinski definition) is 1. The smallest absolute Gasteiger partial charge is 0.277 e. The number of aryl methyl sites for hydroxylation is 1. The standard InChI is InChI=1S/C21H21Cl2N3O3S/c1-12(2)17-5-4-13(3)6-18(17)28-10-20-25-26-21(29-20)30-11-19(27)24-16-8-14(22)7-15(23)9-16/h4-9,12H,10-11H2,1-3H3,(H,24,27). The summed E-state index contributed by atoms with van der Waals surface area (Å²) in [5.74, 6) is 1.34. The maximum Gasteiger partial charge on any atom is 0.277 e. The van der Waals surface area contributed by atoms with E-state index in [9.17, 15) is 4.79 Å². The molecule has 30 heavy (non-hydrogen) atoms. The highest BCUT2D eigenvalue weighted by Crippen LogP contribution is 2.28. The van der Waals surface area contributed by atoms with Crippen LogP contribution in [0.1, 0.15) is 36.8 Å². The number of nitrogens with one attached hydrogen (secondary N) is 1. The van der Waals surface area contributed by atoms with Gasteiger partial charge in [-0.1, -0.05) is 60.9 Å². The topological polar surface area (TPSA) is 77.2 Å². The molecule has 0 saturated heterocycles. The van der Waals surface area contributed by atoms with Gasteiger partial charge < -0.3 is 14.5 Å². The second kappa shape index (κ2) is 10.2. The molecule has 3 rings (SSSR count). The predicted molar refractivity (Wildman–Crippen MR) is 120 cm³/mol. The number of aromatic nitrogens is 2. The van der Waals surface area contributed by atoms with E-state index in [0.717, 1.165) is 28.6 Å². The fraction of sp³-hybridized carbons (Fsp3) is 0.286. The lowest BCUT2D eigenvalue weighted by atomic mass is 10.0. The summed E-state index contributed by atoms with van der Waals surface area (Å²) in [6.07, 6.45) is 0. The lowest BCUT2D eigenvalue weighted by Gasteiger charge is -2.13. The minimum absolute atomic E-state index is 0.0992. The zero-order valence-electron chi connectivity index (χ0n) is 16.7. The molecule has 0 spiro atoms. The summed E-state index contributed by atoms with van der Waals surface area (Å²) in [6.45, 7) is 6.40. The van der Waals surface area contributed by atoms with E-state index in [-0.39, 0.29) is 18.3 Å². The molecule has 1 heterocycles. The van der Waals surface area contributed by atoms with Gasteiger partial charge in [0.2, 0.25) is 5.91 Å². The summed E-state index contributed by atoms with van der Waals surface area (Å²) in [5.41, 5.74) is 2.76. The van der Waals surface area contributed by atoms with E-state index in [1.807, 2.05) is 13.0 Å². The highest BCUT2D eigenvalue weighted by Gasteiger charge is 2.13. The maximum absolute atomic E-state index is 12.1. The van der Waals surface area contributed by atoms with Crippen LogP contribution in [0, 0.1) is 6.92 Å². The second-order valence-corrected chi connectivity index (χ2v) is 8.74. The summed E-state index contributed by atoms with van der Waals surface area (Å²) >= 11 is 13.0. The minimum Gasteiger partial charge on any atom is -0.484 e. The summed E-state index contributed by atoms with van der Waals surface area (Å²) in [7, 11) is 0. The van der Waals surface area contributed by atoms with Crippen molar-refractivity contribution in [1.82, 2.24) is 10.2 Å². The number of amides is 1. The molecule has 1 amide bonds. The molecule has 2 aromatic carbocycles. The molecule has 158 valence electrons. The maximum atomic E-state index is 12.1. The average Bonchev–Trinajstić information content (AvgIpc) is 3.11. The Morgan fingerprint density at radius 2 is 1.90 bits per heavy atom. The fourth-order valence-electron chi connectivity index (χ4n) is 2.69. The normalized spacial score (nSPS) is 11.0. The Morgan fingerprint density at radius 1 is 1.17 bits per heavy atom. The first-order valence-electron chi connectivity index (χ1n) is 9.24. The van der Waals surface area contributed by atoms with Gasteiger partial charge >= 0.3 is 0 Å². The van der Waals surface area contributed by atoms with Gasteiger partial charge in [-0.3, -0.25) is 4.79 Å². The van der Waals surface area contributed by atoms with E-state index in [4.69, 9.17) is 32.4 Å². The first kappa shape index (κ1) is 22.5. The van der Waals surface area contributed by atoms with Crippen molar-refractivity contribution in [2.75, 3.05) is 11.1 Å². The first-order valence-corrected chi connectivity index (χ1v) is 11.0. The highest BCUT2D eigenvalue weighted by atomic mass is 35.5. The largest absolute Gasteiger partial charge is 0.484 e. The van der Waals surface area contributed by atoms with Crippen LogP contribution in [-0.2, 0) is 11.4 Å². The van der Waals surface area contributed by atoms with E-state index in [0.29, 0.717) is 32.8 Å². The zero-order valence-corrected chi connectivity index (χ0v) is 19.1. The summed E-state index contributed by atoms with van der Waals surface area (Å²) in [4.78, 5) is 12.1. The molecule has 0 fully saturated rings. The third-order valence-corrected chi connectivity index (χ3v) is 5.32. The Hall–Kier alpha value is -2.22. The Kier molecular flexibility index (Phi) is 7.64. The average molecular weight is 466 g/mol. The van der Waals surface area contributed by atoms with Crippen molar-refractivity contribution in [1.29, 1.82) is 0 Å². The van der Waals surface area contributed by atoms with Crippen LogP contribution in [0.5, 0.6) is 5.75 Å². The molecule has 0 radical (unpaired) electrons. The van der Waals surface area contributed by atoms with Gasteiger partial charge in [-0.15, -0.1) is 10.2 Å². The number of benzene rings is 2. The van der Waals surface area contributed by atoms with Gasteiger partial charge in [0.25, 0.3) is 11.1 Å². The third kappa shape index (κ3) is 6.39. The van der Waals surface area contributed by atoms with E-state index in [1.54, 1.807) is 18.2 Å². The van der Waals surface area contributed by atoms with Gasteiger partial charge in [0.1, 0.15) is 5.75 Å². The molecule has 0 aliphatic rings. The van der Waals surface area contributed by atoms with Crippen LogP contribution in [0.25, 0.3) is 0 Å². The molecule has 0 bridgehead atoms. The quantitative estimate of drug-likeness (QED) is 0.403. The number of nitrogens with zero attached hydrogens (tertiary/aromatic N) is 2. The van der Waals surface area contributed by atoms with Crippen LogP contribution in [0.15, 0.2) is 46.0 Å². The zero-order chi connectivity index (χ0) is 21.7. The van der Waals surface area contributed by atoms with Crippen LogP contribution in [0.4, 0.5) is 5.69 Å². The summed E-state index contributed by atoms with van der Waals surface area (Å²) < 4.78 is 11.5. The number of thioether (sulfide) groups is 1. The van der Waals surface area contributed by atoms with Crippen molar-refractivity contribution in [3.63, 3.8) is 0 Å². The Morgan fingerprint density at radius 3 is 2.60 bits per heavy atom. The van der Waals surface area contributed by atoms with E-state index >= 15 is 0 Å². The number of rotatable bonds is 8. The number of hydrogen-bond acceptors (Lipinski definition) is 6. The molecule has 0 saturated carbocycles. The first-order chi connectivity index (χ1) is 14.3. The predicted octanol–water partition coefficient (Wildman–Crippen LogP) is 6.12.